The van der Waals surface area contributed by atoms with Crippen molar-refractivity contribution in [2.75, 3.05) is 0 Å². The minimum atomic E-state index is -0.583. The van der Waals surface area contributed by atoms with Crippen LogP contribution in [0.25, 0.3) is 49.5 Å². The van der Waals surface area contributed by atoms with E-state index in [1.54, 1.807) is 0 Å². The lowest BCUT2D eigenvalue weighted by Gasteiger charge is -2.34. The van der Waals surface area contributed by atoms with Gasteiger partial charge in [-0.15, -0.1) is 0 Å². The first-order valence-electron chi connectivity index (χ1n) is 19.7. The zero-order valence-corrected chi connectivity index (χ0v) is 31.3. The molecule has 0 aromatic heterocycles. The van der Waals surface area contributed by atoms with Gasteiger partial charge in [-0.05, 0) is 95.4 Å². The molecule has 9 aromatic carbocycles. The zero-order chi connectivity index (χ0) is 37.8. The molecule has 0 spiro atoms. The maximum absolute atomic E-state index is 5.47. The van der Waals surface area contributed by atoms with Crippen LogP contribution >= 0.6 is 0 Å². The van der Waals surface area contributed by atoms with Crippen molar-refractivity contribution in [1.29, 1.82) is 0 Å². The zero-order valence-electron chi connectivity index (χ0n) is 31.3. The molecule has 0 saturated heterocycles. The highest BCUT2D eigenvalue weighted by Gasteiger charge is 2.47. The van der Waals surface area contributed by atoms with Gasteiger partial charge in [0.2, 0.25) is 0 Å². The van der Waals surface area contributed by atoms with Crippen LogP contribution in [0.1, 0.15) is 45.0 Å². The lowest BCUT2D eigenvalue weighted by molar-refractivity contribution is 0.764. The van der Waals surface area contributed by atoms with E-state index in [-0.39, 0.29) is 6.04 Å². The van der Waals surface area contributed by atoms with Crippen LogP contribution in [-0.2, 0) is 5.41 Å². The van der Waals surface area contributed by atoms with Gasteiger partial charge < -0.3 is 5.32 Å². The van der Waals surface area contributed by atoms with Crippen LogP contribution < -0.4 is 5.32 Å². The molecule has 268 valence electrons. The van der Waals surface area contributed by atoms with Gasteiger partial charge in [-0.25, -0.2) is 0 Å². The highest BCUT2D eigenvalue weighted by atomic mass is 15.0. The van der Waals surface area contributed by atoms with Gasteiger partial charge in [-0.3, -0.25) is 4.99 Å². The average Bonchev–Trinajstić information content (AvgIpc) is 3.58. The minimum absolute atomic E-state index is 0.228. The van der Waals surface area contributed by atoms with Gasteiger partial charge in [0.15, 0.2) is 0 Å². The number of hydrogen-bond donors (Lipinski definition) is 1. The fourth-order valence-electron chi connectivity index (χ4n) is 9.39. The van der Waals surface area contributed by atoms with Gasteiger partial charge >= 0.3 is 0 Å². The van der Waals surface area contributed by atoms with E-state index in [1.807, 2.05) is 0 Å². The maximum atomic E-state index is 5.47. The Labute approximate surface area is 333 Å². The molecule has 0 amide bonds. The lowest BCUT2D eigenvalue weighted by atomic mass is 9.67. The van der Waals surface area contributed by atoms with Crippen molar-refractivity contribution in [1.82, 2.24) is 5.32 Å². The molecule has 2 nitrogen and oxygen atoms in total. The highest BCUT2D eigenvalue weighted by Crippen LogP contribution is 2.60. The Hall–Kier alpha value is -7.29. The van der Waals surface area contributed by atoms with E-state index in [9.17, 15) is 0 Å². The van der Waals surface area contributed by atoms with Crippen molar-refractivity contribution in [2.24, 2.45) is 4.99 Å². The number of nitrogens with one attached hydrogen (secondary N) is 1. The summed E-state index contributed by atoms with van der Waals surface area (Å²) in [5.74, 6) is 0.866. The molecule has 1 aliphatic heterocycles. The molecule has 1 unspecified atom stereocenters. The summed E-state index contributed by atoms with van der Waals surface area (Å²) < 4.78 is 0. The third-order valence-electron chi connectivity index (χ3n) is 11.9. The van der Waals surface area contributed by atoms with E-state index in [4.69, 9.17) is 4.99 Å². The molecule has 0 radical (unpaired) electrons. The van der Waals surface area contributed by atoms with Crippen molar-refractivity contribution in [3.8, 4) is 22.3 Å². The summed E-state index contributed by atoms with van der Waals surface area (Å²) in [6.45, 7) is 0. The molecular formula is C55H38N2. The van der Waals surface area contributed by atoms with Crippen LogP contribution in [0.3, 0.4) is 0 Å². The number of benzene rings is 9. The van der Waals surface area contributed by atoms with E-state index in [1.165, 1.54) is 66.1 Å². The average molecular weight is 727 g/mol. The van der Waals surface area contributed by atoms with Gasteiger partial charge in [0.05, 0.1) is 11.5 Å². The summed E-state index contributed by atoms with van der Waals surface area (Å²) in [7, 11) is 0. The van der Waals surface area contributed by atoms with Crippen molar-refractivity contribution in [3.05, 3.63) is 257 Å². The second-order valence-corrected chi connectivity index (χ2v) is 15.1. The van der Waals surface area contributed by atoms with Crippen molar-refractivity contribution in [2.45, 2.75) is 11.5 Å². The molecule has 0 saturated carbocycles. The largest absolute Gasteiger partial charge is 0.340 e. The SMILES string of the molecule is C1=C(c2ccc3ccccc3c2)NC(c2ccccc2)=NC1c1ccc2c(c1)C(c1ccccc1)(c1ccccc1)c1cc3ccccc3c(-c3ccccc3)c1-2. The van der Waals surface area contributed by atoms with E-state index in [2.05, 4.69) is 224 Å². The number of aliphatic imine (C=N–C) groups is 1. The third kappa shape index (κ3) is 5.37. The predicted molar refractivity (Wildman–Crippen MR) is 237 cm³/mol. The third-order valence-corrected chi connectivity index (χ3v) is 11.9. The topological polar surface area (TPSA) is 24.4 Å². The van der Waals surface area contributed by atoms with Crippen LogP contribution in [0.2, 0.25) is 0 Å². The predicted octanol–water partition coefficient (Wildman–Crippen LogP) is 13.2. The standard InChI is InChI=1S/C55H38N2/c1-5-18-38(19-6-1)52-46-28-16-15-23-41(46)34-49-53(52)47-32-31-43(35-48(47)55(49,44-24-9-3-10-25-44)45-26-11-4-12-27-45)51-36-50(56-54(57-51)39-20-7-2-8-21-39)42-30-29-37-17-13-14-22-40(37)33-42/h1-36,51H,(H,56,57). The first-order chi connectivity index (χ1) is 28.3. The van der Waals surface area contributed by atoms with E-state index in [0.717, 1.165) is 28.2 Å². The Morgan fingerprint density at radius 2 is 1.02 bits per heavy atom. The Bertz CT molecular complexity index is 2980. The van der Waals surface area contributed by atoms with Gasteiger partial charge in [0.1, 0.15) is 5.84 Å². The number of amidine groups is 1. The first kappa shape index (κ1) is 33.1. The van der Waals surface area contributed by atoms with Crippen LogP contribution in [0.4, 0.5) is 0 Å². The van der Waals surface area contributed by atoms with Crippen LogP contribution in [0, 0.1) is 0 Å². The van der Waals surface area contributed by atoms with E-state index >= 15 is 0 Å². The Balaban J connectivity index is 1.20. The highest BCUT2D eigenvalue weighted by molar-refractivity contribution is 6.09. The van der Waals surface area contributed by atoms with Gasteiger partial charge in [0, 0.05) is 11.3 Å². The molecule has 2 heteroatoms. The number of nitrogens with zero attached hydrogens (tertiary/aromatic N) is 1. The summed E-state index contributed by atoms with van der Waals surface area (Å²) in [4.78, 5) is 5.47. The molecule has 1 atom stereocenters. The maximum Gasteiger partial charge on any atom is 0.133 e. The lowest BCUT2D eigenvalue weighted by Crippen LogP contribution is -2.29. The van der Waals surface area contributed by atoms with Crippen molar-refractivity contribution >= 4 is 33.1 Å². The Morgan fingerprint density at radius 1 is 0.421 bits per heavy atom. The Morgan fingerprint density at radius 3 is 1.72 bits per heavy atom. The van der Waals surface area contributed by atoms with Gasteiger partial charge in [-0.2, -0.15) is 0 Å². The molecule has 1 aliphatic carbocycles. The van der Waals surface area contributed by atoms with E-state index < -0.39 is 5.41 Å². The minimum Gasteiger partial charge on any atom is -0.340 e. The molecule has 2 aliphatic rings. The molecule has 1 heterocycles. The monoisotopic (exact) mass is 726 g/mol. The molecule has 0 fully saturated rings. The molecule has 57 heavy (non-hydrogen) atoms. The summed E-state index contributed by atoms with van der Waals surface area (Å²) in [5.41, 5.74) is 13.9. The second kappa shape index (κ2) is 13.5. The van der Waals surface area contributed by atoms with E-state index in [0.29, 0.717) is 0 Å². The summed E-state index contributed by atoms with van der Waals surface area (Å²) in [5, 5.41) is 8.67. The quantitative estimate of drug-likeness (QED) is 0.181. The van der Waals surface area contributed by atoms with Crippen molar-refractivity contribution < 1.29 is 0 Å². The summed E-state index contributed by atoms with van der Waals surface area (Å²) in [6, 6.07) is 77.2. The number of fused-ring (bicyclic) bond motifs is 5. The fraction of sp³-hybridized carbons (Fsp3) is 0.0364. The normalized spacial score (nSPS) is 15.3. The fourth-order valence-corrected chi connectivity index (χ4v) is 9.39. The summed E-state index contributed by atoms with van der Waals surface area (Å²) in [6.07, 6.45) is 2.30. The first-order valence-corrected chi connectivity index (χ1v) is 19.7. The molecule has 1 N–H and O–H groups in total. The van der Waals surface area contributed by atoms with Gasteiger partial charge in [-0.1, -0.05) is 200 Å². The smallest absolute Gasteiger partial charge is 0.133 e. The van der Waals surface area contributed by atoms with Gasteiger partial charge in [0.25, 0.3) is 0 Å². The number of hydrogen-bond acceptors (Lipinski definition) is 2. The van der Waals surface area contributed by atoms with Crippen molar-refractivity contribution in [3.63, 3.8) is 0 Å². The number of rotatable bonds is 6. The van der Waals surface area contributed by atoms with Crippen LogP contribution in [0.5, 0.6) is 0 Å². The van der Waals surface area contributed by atoms with Crippen LogP contribution in [-0.4, -0.2) is 5.84 Å². The molecular weight excluding hydrogens is 689 g/mol. The molecule has 11 rings (SSSR count). The van der Waals surface area contributed by atoms with Crippen LogP contribution in [0.15, 0.2) is 223 Å². The Kier molecular flexibility index (Phi) is 7.82. The summed E-state index contributed by atoms with van der Waals surface area (Å²) >= 11 is 0. The second-order valence-electron chi connectivity index (χ2n) is 15.1. The molecule has 0 bridgehead atoms. The molecule has 9 aromatic rings.